The van der Waals surface area contributed by atoms with Crippen LogP contribution in [0.4, 0.5) is 0 Å². The Kier molecular flexibility index (Phi) is 4.68. The van der Waals surface area contributed by atoms with Gasteiger partial charge in [-0.2, -0.15) is 0 Å². The Bertz CT molecular complexity index is 536. The number of thiazole rings is 1. The third kappa shape index (κ3) is 4.17. The largest absolute Gasteiger partial charge is 0.341 e. The number of nitrogens with zero attached hydrogens (tertiary/aromatic N) is 2. The third-order valence-electron chi connectivity index (χ3n) is 2.91. The summed E-state index contributed by atoms with van der Waals surface area (Å²) in [5, 5.41) is 3.06. The van der Waals surface area contributed by atoms with Gasteiger partial charge in [0, 0.05) is 37.5 Å². The van der Waals surface area contributed by atoms with Crippen molar-refractivity contribution in [1.82, 2.24) is 9.88 Å². The van der Waals surface area contributed by atoms with Gasteiger partial charge in [0.05, 0.1) is 5.01 Å². The summed E-state index contributed by atoms with van der Waals surface area (Å²) in [7, 11) is 1.85. The molecule has 1 amide bonds. The first kappa shape index (κ1) is 13.7. The third-order valence-corrected chi connectivity index (χ3v) is 3.93. The van der Waals surface area contributed by atoms with Gasteiger partial charge in [-0.05, 0) is 12.5 Å². The molecule has 1 heterocycles. The average molecular weight is 274 g/mol. The number of aryl methyl sites for hydroxylation is 2. The first-order chi connectivity index (χ1) is 9.15. The highest BCUT2D eigenvalue weighted by Gasteiger charge is 2.10. The second-order valence-corrected chi connectivity index (χ2v) is 5.56. The van der Waals surface area contributed by atoms with Gasteiger partial charge in [-0.25, -0.2) is 4.98 Å². The van der Waals surface area contributed by atoms with Crippen LogP contribution in [0, 0.1) is 6.92 Å². The highest BCUT2D eigenvalue weighted by atomic mass is 32.1. The Balaban J connectivity index is 1.82. The molecule has 0 saturated heterocycles. The van der Waals surface area contributed by atoms with Crippen molar-refractivity contribution >= 4 is 17.2 Å². The monoisotopic (exact) mass is 274 g/mol. The Labute approximate surface area is 117 Å². The van der Waals surface area contributed by atoms with Crippen LogP contribution in [0.3, 0.4) is 0 Å². The van der Waals surface area contributed by atoms with Crippen molar-refractivity contribution in [2.75, 3.05) is 7.05 Å². The first-order valence-electron chi connectivity index (χ1n) is 6.34. The van der Waals surface area contributed by atoms with Crippen LogP contribution in [0.15, 0.2) is 35.7 Å². The Morgan fingerprint density at radius 2 is 2.05 bits per heavy atom. The van der Waals surface area contributed by atoms with Crippen LogP contribution >= 0.6 is 11.3 Å². The summed E-state index contributed by atoms with van der Waals surface area (Å²) in [5.41, 5.74) is 2.19. The molecule has 0 radical (unpaired) electrons. The van der Waals surface area contributed by atoms with Crippen molar-refractivity contribution in [1.29, 1.82) is 0 Å². The van der Waals surface area contributed by atoms with Crippen molar-refractivity contribution < 1.29 is 4.79 Å². The van der Waals surface area contributed by atoms with Crippen molar-refractivity contribution in [3.8, 4) is 0 Å². The zero-order valence-electron chi connectivity index (χ0n) is 11.3. The van der Waals surface area contributed by atoms with E-state index < -0.39 is 0 Å². The normalized spacial score (nSPS) is 10.4. The van der Waals surface area contributed by atoms with E-state index in [1.807, 2.05) is 49.7 Å². The van der Waals surface area contributed by atoms with Crippen molar-refractivity contribution in [3.05, 3.63) is 52.0 Å². The van der Waals surface area contributed by atoms with E-state index in [0.29, 0.717) is 13.0 Å². The van der Waals surface area contributed by atoms with Crippen LogP contribution < -0.4 is 0 Å². The van der Waals surface area contributed by atoms with E-state index in [-0.39, 0.29) is 5.91 Å². The topological polar surface area (TPSA) is 33.2 Å². The maximum Gasteiger partial charge on any atom is 0.223 e. The second kappa shape index (κ2) is 6.48. The number of rotatable bonds is 5. The Morgan fingerprint density at radius 1 is 1.32 bits per heavy atom. The molecule has 3 nitrogen and oxygen atoms in total. The molecule has 0 bridgehead atoms. The SMILES string of the molecule is Cc1csc(CCC(=O)N(C)Cc2ccccc2)n1. The molecule has 2 rings (SSSR count). The molecule has 0 aliphatic carbocycles. The van der Waals surface area contributed by atoms with Crippen LogP contribution in [0.5, 0.6) is 0 Å². The summed E-state index contributed by atoms with van der Waals surface area (Å²) in [6.07, 6.45) is 1.26. The molecule has 1 aromatic carbocycles. The summed E-state index contributed by atoms with van der Waals surface area (Å²) < 4.78 is 0. The molecule has 4 heteroatoms. The van der Waals surface area contributed by atoms with E-state index in [4.69, 9.17) is 0 Å². The second-order valence-electron chi connectivity index (χ2n) is 4.62. The molecule has 0 aliphatic rings. The predicted octanol–water partition coefficient (Wildman–Crippen LogP) is 3.04. The molecular formula is C15H18N2OS. The number of carbonyl (C=O) groups excluding carboxylic acids is 1. The fourth-order valence-corrected chi connectivity index (χ4v) is 2.64. The number of hydrogen-bond acceptors (Lipinski definition) is 3. The van der Waals surface area contributed by atoms with Crippen LogP contribution in [0.25, 0.3) is 0 Å². The smallest absolute Gasteiger partial charge is 0.223 e. The van der Waals surface area contributed by atoms with Gasteiger partial charge < -0.3 is 4.90 Å². The lowest BCUT2D eigenvalue weighted by molar-refractivity contribution is -0.130. The fraction of sp³-hybridized carbons (Fsp3) is 0.333. The van der Waals surface area contributed by atoms with Gasteiger partial charge in [-0.1, -0.05) is 30.3 Å². The quantitative estimate of drug-likeness (QED) is 0.839. The van der Waals surface area contributed by atoms with Gasteiger partial charge in [0.1, 0.15) is 0 Å². The minimum absolute atomic E-state index is 0.164. The van der Waals surface area contributed by atoms with Gasteiger partial charge in [0.2, 0.25) is 5.91 Å². The highest BCUT2D eigenvalue weighted by molar-refractivity contribution is 7.09. The van der Waals surface area contributed by atoms with Gasteiger partial charge in [0.15, 0.2) is 0 Å². The lowest BCUT2D eigenvalue weighted by Gasteiger charge is -2.16. The van der Waals surface area contributed by atoms with E-state index in [9.17, 15) is 4.79 Å². The summed E-state index contributed by atoms with van der Waals surface area (Å²) in [6.45, 7) is 2.64. The maximum absolute atomic E-state index is 12.0. The minimum Gasteiger partial charge on any atom is -0.341 e. The summed E-state index contributed by atoms with van der Waals surface area (Å²) in [5.74, 6) is 0.164. The van der Waals surface area contributed by atoms with E-state index >= 15 is 0 Å². The van der Waals surface area contributed by atoms with Gasteiger partial charge >= 0.3 is 0 Å². The molecule has 2 aromatic rings. The number of carbonyl (C=O) groups is 1. The van der Waals surface area contributed by atoms with Crippen LogP contribution in [0.2, 0.25) is 0 Å². The molecule has 100 valence electrons. The number of benzene rings is 1. The lowest BCUT2D eigenvalue weighted by Crippen LogP contribution is -2.26. The van der Waals surface area contributed by atoms with E-state index in [2.05, 4.69) is 4.98 Å². The number of amides is 1. The molecule has 19 heavy (non-hydrogen) atoms. The van der Waals surface area contributed by atoms with Gasteiger partial charge in [-0.15, -0.1) is 11.3 Å². The average Bonchev–Trinajstić information content (AvgIpc) is 2.83. The molecule has 0 N–H and O–H groups in total. The predicted molar refractivity (Wildman–Crippen MR) is 78.1 cm³/mol. The van der Waals surface area contributed by atoms with Crippen molar-refractivity contribution in [2.24, 2.45) is 0 Å². The molecule has 0 unspecified atom stereocenters. The molecule has 0 aliphatic heterocycles. The molecule has 1 aromatic heterocycles. The van der Waals surface area contributed by atoms with Gasteiger partial charge in [0.25, 0.3) is 0 Å². The first-order valence-corrected chi connectivity index (χ1v) is 7.22. The molecule has 0 fully saturated rings. The molecule has 0 spiro atoms. The van der Waals surface area contributed by atoms with E-state index in [1.54, 1.807) is 16.2 Å². The van der Waals surface area contributed by atoms with Crippen LogP contribution in [-0.4, -0.2) is 22.8 Å². The van der Waals surface area contributed by atoms with E-state index in [1.165, 1.54) is 0 Å². The molecule has 0 saturated carbocycles. The summed E-state index contributed by atoms with van der Waals surface area (Å²) in [6, 6.07) is 10.0. The zero-order valence-corrected chi connectivity index (χ0v) is 12.1. The lowest BCUT2D eigenvalue weighted by atomic mass is 10.2. The molecular weight excluding hydrogens is 256 g/mol. The highest BCUT2D eigenvalue weighted by Crippen LogP contribution is 2.12. The molecule has 0 atom stereocenters. The summed E-state index contributed by atoms with van der Waals surface area (Å²) in [4.78, 5) is 18.2. The zero-order chi connectivity index (χ0) is 13.7. The Hall–Kier alpha value is -1.68. The van der Waals surface area contributed by atoms with Crippen molar-refractivity contribution in [2.45, 2.75) is 26.3 Å². The van der Waals surface area contributed by atoms with Crippen LogP contribution in [0.1, 0.15) is 22.7 Å². The summed E-state index contributed by atoms with van der Waals surface area (Å²) >= 11 is 1.63. The standard InChI is InChI=1S/C15H18N2OS/c1-12-11-19-14(16-12)8-9-15(18)17(2)10-13-6-4-3-5-7-13/h3-7,11H,8-10H2,1-2H3. The fourth-order valence-electron chi connectivity index (χ4n) is 1.87. The van der Waals surface area contributed by atoms with Crippen LogP contribution in [-0.2, 0) is 17.8 Å². The number of hydrogen-bond donors (Lipinski definition) is 0. The van der Waals surface area contributed by atoms with E-state index in [0.717, 1.165) is 22.7 Å². The minimum atomic E-state index is 0.164. The van der Waals surface area contributed by atoms with Crippen molar-refractivity contribution in [3.63, 3.8) is 0 Å². The number of aromatic nitrogens is 1. The maximum atomic E-state index is 12.0. The Morgan fingerprint density at radius 3 is 2.68 bits per heavy atom. The van der Waals surface area contributed by atoms with Gasteiger partial charge in [-0.3, -0.25) is 4.79 Å².